The summed E-state index contributed by atoms with van der Waals surface area (Å²) in [7, 11) is 0. The van der Waals surface area contributed by atoms with Crippen LogP contribution in [0.1, 0.15) is 12.7 Å². The van der Waals surface area contributed by atoms with Gasteiger partial charge >= 0.3 is 12.0 Å². The number of H-pyrrole nitrogens is 1. The second kappa shape index (κ2) is 5.74. The van der Waals surface area contributed by atoms with Crippen LogP contribution in [0.2, 0.25) is 0 Å². The van der Waals surface area contributed by atoms with Crippen molar-refractivity contribution in [1.82, 2.24) is 20.2 Å². The summed E-state index contributed by atoms with van der Waals surface area (Å²) in [6.07, 6.45) is 3.23. The molecular weight excluding hydrogens is 212 g/mol. The first-order chi connectivity index (χ1) is 7.63. The van der Waals surface area contributed by atoms with Crippen LogP contribution in [0.3, 0.4) is 0 Å². The van der Waals surface area contributed by atoms with Crippen LogP contribution in [0.15, 0.2) is 12.4 Å². The zero-order valence-electron chi connectivity index (χ0n) is 8.93. The van der Waals surface area contributed by atoms with Crippen LogP contribution < -0.4 is 5.32 Å². The Morgan fingerprint density at radius 1 is 1.62 bits per heavy atom. The van der Waals surface area contributed by atoms with E-state index in [4.69, 9.17) is 5.11 Å². The molecule has 7 nitrogen and oxygen atoms in total. The lowest BCUT2D eigenvalue weighted by molar-refractivity contribution is -0.137. The molecule has 16 heavy (non-hydrogen) atoms. The normalized spacial score (nSPS) is 9.81. The highest BCUT2D eigenvalue weighted by Crippen LogP contribution is 1.92. The predicted molar refractivity (Wildman–Crippen MR) is 55.7 cm³/mol. The molecule has 2 amide bonds. The average molecular weight is 226 g/mol. The summed E-state index contributed by atoms with van der Waals surface area (Å²) < 4.78 is 0. The van der Waals surface area contributed by atoms with E-state index in [0.29, 0.717) is 12.4 Å². The summed E-state index contributed by atoms with van der Waals surface area (Å²) in [6.45, 7) is 2.01. The van der Waals surface area contributed by atoms with Gasteiger partial charge in [-0.1, -0.05) is 0 Å². The fraction of sp³-hybridized carbons (Fsp3) is 0.444. The van der Waals surface area contributed by atoms with E-state index >= 15 is 0 Å². The maximum atomic E-state index is 11.5. The van der Waals surface area contributed by atoms with E-state index in [-0.39, 0.29) is 13.1 Å². The smallest absolute Gasteiger partial charge is 0.323 e. The number of hydrogen-bond donors (Lipinski definition) is 3. The van der Waals surface area contributed by atoms with Crippen molar-refractivity contribution in [2.24, 2.45) is 0 Å². The Morgan fingerprint density at radius 2 is 2.38 bits per heavy atom. The summed E-state index contributed by atoms with van der Waals surface area (Å²) in [5.74, 6) is -0.408. The Balaban J connectivity index is 2.40. The van der Waals surface area contributed by atoms with Gasteiger partial charge < -0.3 is 20.3 Å². The molecule has 0 spiro atoms. The summed E-state index contributed by atoms with van der Waals surface area (Å²) in [6, 6.07) is -0.415. The number of carboxylic acids is 1. The molecule has 0 aliphatic heterocycles. The van der Waals surface area contributed by atoms with Crippen molar-refractivity contribution in [2.45, 2.75) is 13.5 Å². The van der Waals surface area contributed by atoms with E-state index in [2.05, 4.69) is 15.3 Å². The van der Waals surface area contributed by atoms with E-state index in [1.165, 1.54) is 4.90 Å². The first kappa shape index (κ1) is 12.0. The van der Waals surface area contributed by atoms with Crippen LogP contribution in [0.4, 0.5) is 4.79 Å². The number of nitrogens with zero attached hydrogens (tertiary/aromatic N) is 2. The molecule has 0 saturated carbocycles. The van der Waals surface area contributed by atoms with Crippen LogP contribution in [-0.4, -0.2) is 45.1 Å². The number of likely N-dealkylation sites (N-methyl/N-ethyl adjacent to an activating group) is 1. The van der Waals surface area contributed by atoms with Crippen LogP contribution >= 0.6 is 0 Å². The Hall–Kier alpha value is -2.05. The number of nitrogens with one attached hydrogen (secondary N) is 2. The molecule has 7 heteroatoms. The molecule has 1 rings (SSSR count). The molecule has 0 bridgehead atoms. The van der Waals surface area contributed by atoms with Gasteiger partial charge in [-0.2, -0.15) is 0 Å². The van der Waals surface area contributed by atoms with Crippen molar-refractivity contribution in [3.8, 4) is 0 Å². The lowest BCUT2D eigenvalue weighted by Crippen LogP contribution is -2.42. The molecule has 1 heterocycles. The number of amides is 2. The minimum atomic E-state index is -1.03. The van der Waals surface area contributed by atoms with Gasteiger partial charge in [-0.05, 0) is 6.92 Å². The highest BCUT2D eigenvalue weighted by molar-refractivity contribution is 5.79. The minimum Gasteiger partial charge on any atom is -0.480 e. The van der Waals surface area contributed by atoms with Gasteiger partial charge in [0.15, 0.2) is 0 Å². The highest BCUT2D eigenvalue weighted by Gasteiger charge is 2.14. The first-order valence-corrected chi connectivity index (χ1v) is 4.86. The Kier molecular flexibility index (Phi) is 4.31. The maximum Gasteiger partial charge on any atom is 0.323 e. The lowest BCUT2D eigenvalue weighted by Gasteiger charge is -2.18. The molecule has 88 valence electrons. The monoisotopic (exact) mass is 226 g/mol. The molecule has 0 fully saturated rings. The number of urea groups is 1. The summed E-state index contributed by atoms with van der Waals surface area (Å²) in [5.41, 5.74) is 0. The number of imidazole rings is 1. The van der Waals surface area contributed by atoms with E-state index in [9.17, 15) is 9.59 Å². The van der Waals surface area contributed by atoms with Crippen LogP contribution in [0, 0.1) is 0 Å². The number of carboxylic acid groups (broad SMARTS) is 1. The van der Waals surface area contributed by atoms with Gasteiger partial charge in [0.25, 0.3) is 0 Å². The second-order valence-electron chi connectivity index (χ2n) is 3.10. The number of carbonyl (C=O) groups is 2. The SMILES string of the molecule is CCN(CC(=O)O)C(=O)NCc1ncc[nH]1. The Labute approximate surface area is 92.5 Å². The molecule has 0 aliphatic carbocycles. The van der Waals surface area contributed by atoms with Gasteiger partial charge in [-0.15, -0.1) is 0 Å². The fourth-order valence-corrected chi connectivity index (χ4v) is 1.16. The lowest BCUT2D eigenvalue weighted by atomic mass is 10.5. The zero-order chi connectivity index (χ0) is 12.0. The van der Waals surface area contributed by atoms with E-state index in [0.717, 1.165) is 0 Å². The standard InChI is InChI=1S/C9H14N4O3/c1-2-13(6-8(14)15)9(16)12-5-7-10-3-4-11-7/h3-4H,2,5-6H2,1H3,(H,10,11)(H,12,16)(H,14,15). The van der Waals surface area contributed by atoms with Crippen molar-refractivity contribution < 1.29 is 14.7 Å². The molecule has 0 saturated heterocycles. The van der Waals surface area contributed by atoms with E-state index in [1.54, 1.807) is 19.3 Å². The number of carbonyl (C=O) groups excluding carboxylic acids is 1. The van der Waals surface area contributed by atoms with Crippen LogP contribution in [-0.2, 0) is 11.3 Å². The molecule has 0 atom stereocenters. The number of aliphatic carboxylic acids is 1. The van der Waals surface area contributed by atoms with Crippen molar-refractivity contribution in [3.05, 3.63) is 18.2 Å². The molecule has 0 unspecified atom stereocenters. The third-order valence-electron chi connectivity index (χ3n) is 1.96. The van der Waals surface area contributed by atoms with Gasteiger partial charge in [0, 0.05) is 18.9 Å². The molecule has 0 radical (unpaired) electrons. The average Bonchev–Trinajstić information content (AvgIpc) is 2.75. The van der Waals surface area contributed by atoms with Gasteiger partial charge in [0.1, 0.15) is 12.4 Å². The zero-order valence-corrected chi connectivity index (χ0v) is 8.93. The molecule has 0 aliphatic rings. The van der Waals surface area contributed by atoms with Crippen molar-refractivity contribution in [3.63, 3.8) is 0 Å². The molecule has 1 aromatic heterocycles. The van der Waals surface area contributed by atoms with Crippen LogP contribution in [0.5, 0.6) is 0 Å². The Bertz CT molecular complexity index is 350. The summed E-state index contributed by atoms with van der Waals surface area (Å²) in [4.78, 5) is 29.9. The highest BCUT2D eigenvalue weighted by atomic mass is 16.4. The number of aromatic nitrogens is 2. The fourth-order valence-electron chi connectivity index (χ4n) is 1.16. The molecule has 1 aromatic rings. The van der Waals surface area contributed by atoms with Gasteiger partial charge in [0.05, 0.1) is 6.54 Å². The number of rotatable bonds is 5. The minimum absolute atomic E-state index is 0.252. The largest absolute Gasteiger partial charge is 0.480 e. The quantitative estimate of drug-likeness (QED) is 0.659. The Morgan fingerprint density at radius 3 is 2.88 bits per heavy atom. The predicted octanol–water partition coefficient (Wildman–Crippen LogP) is 0.0258. The second-order valence-corrected chi connectivity index (χ2v) is 3.10. The third kappa shape index (κ3) is 3.60. The van der Waals surface area contributed by atoms with Crippen molar-refractivity contribution >= 4 is 12.0 Å². The first-order valence-electron chi connectivity index (χ1n) is 4.86. The van der Waals surface area contributed by atoms with Crippen LogP contribution in [0.25, 0.3) is 0 Å². The maximum absolute atomic E-state index is 11.5. The van der Waals surface area contributed by atoms with Gasteiger partial charge in [-0.25, -0.2) is 9.78 Å². The molecule has 3 N–H and O–H groups in total. The van der Waals surface area contributed by atoms with Gasteiger partial charge in [-0.3, -0.25) is 4.79 Å². The summed E-state index contributed by atoms with van der Waals surface area (Å²) in [5, 5.41) is 11.1. The van der Waals surface area contributed by atoms with Gasteiger partial charge in [0.2, 0.25) is 0 Å². The number of hydrogen-bond acceptors (Lipinski definition) is 3. The number of aromatic amines is 1. The van der Waals surface area contributed by atoms with E-state index in [1.807, 2.05) is 0 Å². The molecule has 0 aromatic carbocycles. The van der Waals surface area contributed by atoms with E-state index < -0.39 is 12.0 Å². The third-order valence-corrected chi connectivity index (χ3v) is 1.96. The van der Waals surface area contributed by atoms with Crippen molar-refractivity contribution in [2.75, 3.05) is 13.1 Å². The van der Waals surface area contributed by atoms with Crippen molar-refractivity contribution in [1.29, 1.82) is 0 Å². The topological polar surface area (TPSA) is 98.3 Å². The molecular formula is C9H14N4O3. The summed E-state index contributed by atoms with van der Waals surface area (Å²) >= 11 is 0.